The van der Waals surface area contributed by atoms with Crippen molar-refractivity contribution in [3.8, 4) is 23.3 Å². The van der Waals surface area contributed by atoms with Crippen LogP contribution in [0.1, 0.15) is 22.3 Å². The minimum atomic E-state index is -0.210. The van der Waals surface area contributed by atoms with Gasteiger partial charge in [-0.15, -0.1) is 0 Å². The van der Waals surface area contributed by atoms with Crippen LogP contribution in [0.4, 0.5) is 0 Å². The predicted molar refractivity (Wildman–Crippen MR) is 57.6 cm³/mol. The van der Waals surface area contributed by atoms with Crippen molar-refractivity contribution in [3.05, 3.63) is 23.3 Å². The molecule has 0 aliphatic carbocycles. The molecule has 0 aromatic heterocycles. The average Bonchev–Trinajstić information content (AvgIpc) is 2.31. The number of methoxy groups -OCH3 is 1. The van der Waals surface area contributed by atoms with Gasteiger partial charge in [0.2, 0.25) is 0 Å². The standard InChI is InChI=1S/C12H10O4/c1-16-11-7-9(4-2-3-5-13)6-10(8-14)12(11)15/h5-8,15H,3H2,1H3. The number of benzene rings is 1. The molecular formula is C12H10O4. The molecule has 0 saturated carbocycles. The van der Waals surface area contributed by atoms with Crippen molar-refractivity contribution in [3.63, 3.8) is 0 Å². The van der Waals surface area contributed by atoms with E-state index < -0.39 is 0 Å². The van der Waals surface area contributed by atoms with Gasteiger partial charge in [-0.3, -0.25) is 4.79 Å². The molecular weight excluding hydrogens is 208 g/mol. The van der Waals surface area contributed by atoms with Gasteiger partial charge in [0.1, 0.15) is 6.29 Å². The Morgan fingerprint density at radius 1 is 1.44 bits per heavy atom. The van der Waals surface area contributed by atoms with E-state index in [9.17, 15) is 14.7 Å². The van der Waals surface area contributed by atoms with Crippen LogP contribution in [0.5, 0.6) is 11.5 Å². The fourth-order valence-corrected chi connectivity index (χ4v) is 1.14. The van der Waals surface area contributed by atoms with Crippen LogP contribution in [0.15, 0.2) is 12.1 Å². The van der Waals surface area contributed by atoms with E-state index in [1.54, 1.807) is 0 Å². The molecule has 0 aliphatic heterocycles. The van der Waals surface area contributed by atoms with Crippen molar-refractivity contribution >= 4 is 12.6 Å². The van der Waals surface area contributed by atoms with Crippen molar-refractivity contribution in [2.75, 3.05) is 7.11 Å². The van der Waals surface area contributed by atoms with Crippen LogP contribution in [0.25, 0.3) is 0 Å². The zero-order valence-corrected chi connectivity index (χ0v) is 8.69. The summed E-state index contributed by atoms with van der Waals surface area (Å²) in [6.45, 7) is 0. The van der Waals surface area contributed by atoms with Crippen molar-refractivity contribution in [2.45, 2.75) is 6.42 Å². The summed E-state index contributed by atoms with van der Waals surface area (Å²) in [6, 6.07) is 2.93. The molecule has 0 saturated heterocycles. The van der Waals surface area contributed by atoms with Crippen LogP contribution in [0.3, 0.4) is 0 Å². The number of hydrogen-bond donors (Lipinski definition) is 1. The Kier molecular flexibility index (Phi) is 4.10. The van der Waals surface area contributed by atoms with Crippen molar-refractivity contribution in [1.82, 2.24) is 0 Å². The average molecular weight is 218 g/mol. The molecule has 0 amide bonds. The van der Waals surface area contributed by atoms with Gasteiger partial charge in [-0.25, -0.2) is 0 Å². The molecule has 0 bridgehead atoms. The van der Waals surface area contributed by atoms with Crippen LogP contribution in [0.2, 0.25) is 0 Å². The van der Waals surface area contributed by atoms with Crippen LogP contribution < -0.4 is 4.74 Å². The Labute approximate surface area is 92.9 Å². The third-order valence-electron chi connectivity index (χ3n) is 1.87. The van der Waals surface area contributed by atoms with Gasteiger partial charge in [-0.05, 0) is 12.1 Å². The van der Waals surface area contributed by atoms with Gasteiger partial charge in [0.25, 0.3) is 0 Å². The summed E-state index contributed by atoms with van der Waals surface area (Å²) in [6.07, 6.45) is 1.33. The molecule has 0 unspecified atom stereocenters. The maximum Gasteiger partial charge on any atom is 0.168 e. The van der Waals surface area contributed by atoms with E-state index in [2.05, 4.69) is 11.8 Å². The maximum absolute atomic E-state index is 10.7. The number of carbonyl (C=O) groups excluding carboxylic acids is 2. The molecule has 1 aromatic carbocycles. The Morgan fingerprint density at radius 2 is 2.19 bits per heavy atom. The second-order valence-corrected chi connectivity index (χ2v) is 2.91. The summed E-state index contributed by atoms with van der Waals surface area (Å²) < 4.78 is 4.89. The van der Waals surface area contributed by atoms with Crippen LogP contribution in [-0.4, -0.2) is 24.8 Å². The number of carbonyl (C=O) groups is 2. The van der Waals surface area contributed by atoms with E-state index in [0.29, 0.717) is 18.1 Å². The highest BCUT2D eigenvalue weighted by molar-refractivity contribution is 5.82. The minimum absolute atomic E-state index is 0.106. The number of phenols is 1. The normalized spacial score (nSPS) is 8.81. The van der Waals surface area contributed by atoms with E-state index >= 15 is 0 Å². The third kappa shape index (κ3) is 2.61. The molecule has 16 heavy (non-hydrogen) atoms. The topological polar surface area (TPSA) is 63.6 Å². The number of phenolic OH excluding ortho intramolecular Hbond substituents is 1. The van der Waals surface area contributed by atoms with Crippen molar-refractivity contribution in [2.24, 2.45) is 0 Å². The summed E-state index contributed by atoms with van der Waals surface area (Å²) in [5.41, 5.74) is 0.619. The smallest absolute Gasteiger partial charge is 0.168 e. The van der Waals surface area contributed by atoms with Gasteiger partial charge >= 0.3 is 0 Å². The summed E-state index contributed by atoms with van der Waals surface area (Å²) in [7, 11) is 1.38. The molecule has 82 valence electrons. The fraction of sp³-hybridized carbons (Fsp3) is 0.167. The van der Waals surface area contributed by atoms with Gasteiger partial charge in [0, 0.05) is 5.56 Å². The highest BCUT2D eigenvalue weighted by Crippen LogP contribution is 2.29. The first-order chi connectivity index (χ1) is 7.72. The zero-order valence-electron chi connectivity index (χ0n) is 8.69. The molecule has 0 atom stereocenters. The van der Waals surface area contributed by atoms with E-state index in [4.69, 9.17) is 4.74 Å². The van der Waals surface area contributed by atoms with Crippen molar-refractivity contribution < 1.29 is 19.4 Å². The molecule has 1 aromatic rings. The first-order valence-corrected chi connectivity index (χ1v) is 4.51. The van der Waals surface area contributed by atoms with Gasteiger partial charge < -0.3 is 14.6 Å². The van der Waals surface area contributed by atoms with E-state index in [-0.39, 0.29) is 23.5 Å². The summed E-state index contributed by atoms with van der Waals surface area (Å²) >= 11 is 0. The number of hydrogen-bond acceptors (Lipinski definition) is 4. The van der Waals surface area contributed by atoms with E-state index in [1.807, 2.05) is 0 Å². The molecule has 0 radical (unpaired) electrons. The monoisotopic (exact) mass is 218 g/mol. The molecule has 4 nitrogen and oxygen atoms in total. The second-order valence-electron chi connectivity index (χ2n) is 2.91. The van der Waals surface area contributed by atoms with Crippen LogP contribution in [-0.2, 0) is 4.79 Å². The highest BCUT2D eigenvalue weighted by atomic mass is 16.5. The van der Waals surface area contributed by atoms with Gasteiger partial charge in [0.15, 0.2) is 17.8 Å². The van der Waals surface area contributed by atoms with Crippen LogP contribution >= 0.6 is 0 Å². The molecule has 0 spiro atoms. The Balaban J connectivity index is 3.18. The molecule has 0 fully saturated rings. The second kappa shape index (κ2) is 5.56. The van der Waals surface area contributed by atoms with Crippen LogP contribution in [0, 0.1) is 11.8 Å². The number of aromatic hydroxyl groups is 1. The lowest BCUT2D eigenvalue weighted by atomic mass is 10.1. The van der Waals surface area contributed by atoms with Gasteiger partial charge in [-0.1, -0.05) is 11.8 Å². The molecule has 0 heterocycles. The first-order valence-electron chi connectivity index (χ1n) is 4.51. The third-order valence-corrected chi connectivity index (χ3v) is 1.87. The first kappa shape index (κ1) is 11.8. The van der Waals surface area contributed by atoms with E-state index in [0.717, 1.165) is 0 Å². The lowest BCUT2D eigenvalue weighted by Crippen LogP contribution is -1.90. The van der Waals surface area contributed by atoms with Gasteiger partial charge in [0.05, 0.1) is 19.1 Å². The summed E-state index contributed by atoms with van der Waals surface area (Å²) in [4.78, 5) is 20.7. The maximum atomic E-state index is 10.7. The SMILES string of the molecule is COc1cc(C#CCC=O)cc(C=O)c1O. The lowest BCUT2D eigenvalue weighted by Gasteiger charge is -2.05. The van der Waals surface area contributed by atoms with E-state index in [1.165, 1.54) is 19.2 Å². The molecule has 0 aliphatic rings. The largest absolute Gasteiger partial charge is 0.504 e. The number of ether oxygens (including phenoxy) is 1. The van der Waals surface area contributed by atoms with Crippen molar-refractivity contribution in [1.29, 1.82) is 0 Å². The Bertz CT molecular complexity index is 466. The zero-order chi connectivity index (χ0) is 12.0. The summed E-state index contributed by atoms with van der Waals surface area (Å²) in [5.74, 6) is 5.26. The predicted octanol–water partition coefficient (Wildman–Crippen LogP) is 1.15. The minimum Gasteiger partial charge on any atom is -0.504 e. The quantitative estimate of drug-likeness (QED) is 0.610. The number of aldehydes is 2. The Hall–Kier alpha value is -2.28. The molecule has 1 rings (SSSR count). The highest BCUT2D eigenvalue weighted by Gasteiger charge is 2.08. The summed E-state index contributed by atoms with van der Waals surface area (Å²) in [5, 5.41) is 9.52. The van der Waals surface area contributed by atoms with Gasteiger partial charge in [-0.2, -0.15) is 0 Å². The molecule has 4 heteroatoms. The fourth-order valence-electron chi connectivity index (χ4n) is 1.14. The number of rotatable bonds is 3. The lowest BCUT2D eigenvalue weighted by molar-refractivity contribution is -0.107. The molecule has 1 N–H and O–H groups in total. The Morgan fingerprint density at radius 3 is 2.75 bits per heavy atom.